The average molecular weight is 311 g/mol. The SMILES string of the molecule is C[C@H](O)CN1CCC(CN[C@H](C)c2ccc(Cl)cc2)CC1. The minimum atomic E-state index is -0.218. The van der Waals surface area contributed by atoms with E-state index in [4.69, 9.17) is 11.6 Å². The molecular weight excluding hydrogens is 284 g/mol. The van der Waals surface area contributed by atoms with Crippen LogP contribution in [0.1, 0.15) is 38.3 Å². The van der Waals surface area contributed by atoms with Gasteiger partial charge in [-0.2, -0.15) is 0 Å². The molecule has 2 rings (SSSR count). The van der Waals surface area contributed by atoms with Gasteiger partial charge in [-0.3, -0.25) is 0 Å². The van der Waals surface area contributed by atoms with E-state index in [1.807, 2.05) is 19.1 Å². The number of nitrogens with one attached hydrogen (secondary N) is 1. The maximum Gasteiger partial charge on any atom is 0.0639 e. The Hall–Kier alpha value is -0.610. The van der Waals surface area contributed by atoms with Gasteiger partial charge < -0.3 is 15.3 Å². The van der Waals surface area contributed by atoms with E-state index in [-0.39, 0.29) is 6.10 Å². The van der Waals surface area contributed by atoms with Crippen molar-refractivity contribution in [3.05, 3.63) is 34.9 Å². The third-order valence-corrected chi connectivity index (χ3v) is 4.56. The summed E-state index contributed by atoms with van der Waals surface area (Å²) >= 11 is 5.92. The first-order valence-electron chi connectivity index (χ1n) is 7.94. The zero-order valence-electron chi connectivity index (χ0n) is 13.1. The summed E-state index contributed by atoms with van der Waals surface area (Å²) < 4.78 is 0. The zero-order valence-corrected chi connectivity index (χ0v) is 13.8. The number of likely N-dealkylation sites (tertiary alicyclic amines) is 1. The number of benzene rings is 1. The standard InChI is InChI=1S/C17H27ClN2O/c1-13(21)12-20-9-7-15(8-10-20)11-19-14(2)16-3-5-17(18)6-4-16/h3-6,13-15,19,21H,7-12H2,1-2H3/t13-,14+/m0/s1. The minimum absolute atomic E-state index is 0.218. The van der Waals surface area contributed by atoms with Gasteiger partial charge in [-0.25, -0.2) is 0 Å². The number of nitrogens with zero attached hydrogens (tertiary/aromatic N) is 1. The van der Waals surface area contributed by atoms with Crippen molar-refractivity contribution >= 4 is 11.6 Å². The third-order valence-electron chi connectivity index (χ3n) is 4.31. The Balaban J connectivity index is 1.70. The lowest BCUT2D eigenvalue weighted by Crippen LogP contribution is -2.40. The average Bonchev–Trinajstić information content (AvgIpc) is 2.46. The summed E-state index contributed by atoms with van der Waals surface area (Å²) in [6.07, 6.45) is 2.21. The van der Waals surface area contributed by atoms with Crippen LogP contribution in [0.3, 0.4) is 0 Å². The van der Waals surface area contributed by atoms with E-state index in [2.05, 4.69) is 29.3 Å². The molecule has 1 aliphatic rings. The van der Waals surface area contributed by atoms with Gasteiger partial charge in [-0.15, -0.1) is 0 Å². The highest BCUT2D eigenvalue weighted by Crippen LogP contribution is 2.19. The van der Waals surface area contributed by atoms with Crippen molar-refractivity contribution in [2.24, 2.45) is 5.92 Å². The van der Waals surface area contributed by atoms with Crippen molar-refractivity contribution in [2.45, 2.75) is 38.8 Å². The topological polar surface area (TPSA) is 35.5 Å². The lowest BCUT2D eigenvalue weighted by atomic mass is 9.96. The number of β-amino-alcohol motifs (C(OH)–C–C–N with tert-alkyl or cyclic N) is 1. The number of aliphatic hydroxyl groups excluding tert-OH is 1. The van der Waals surface area contributed by atoms with Crippen LogP contribution < -0.4 is 5.32 Å². The molecule has 0 radical (unpaired) electrons. The minimum Gasteiger partial charge on any atom is -0.392 e. The van der Waals surface area contributed by atoms with E-state index < -0.39 is 0 Å². The molecule has 0 unspecified atom stereocenters. The third kappa shape index (κ3) is 5.59. The van der Waals surface area contributed by atoms with E-state index in [1.54, 1.807) is 0 Å². The molecule has 0 aliphatic carbocycles. The van der Waals surface area contributed by atoms with Crippen LogP contribution in [0.25, 0.3) is 0 Å². The maximum absolute atomic E-state index is 9.43. The zero-order chi connectivity index (χ0) is 15.2. The van der Waals surface area contributed by atoms with Crippen LogP contribution in [0.5, 0.6) is 0 Å². The molecule has 1 saturated heterocycles. The van der Waals surface area contributed by atoms with Gasteiger partial charge in [-0.05, 0) is 69.9 Å². The molecule has 118 valence electrons. The van der Waals surface area contributed by atoms with E-state index >= 15 is 0 Å². The van der Waals surface area contributed by atoms with Crippen molar-refractivity contribution < 1.29 is 5.11 Å². The van der Waals surface area contributed by atoms with Crippen molar-refractivity contribution in [3.8, 4) is 0 Å². The molecule has 4 heteroatoms. The van der Waals surface area contributed by atoms with E-state index in [1.165, 1.54) is 18.4 Å². The highest BCUT2D eigenvalue weighted by atomic mass is 35.5. The Morgan fingerprint density at radius 2 is 1.86 bits per heavy atom. The molecule has 3 nitrogen and oxygen atoms in total. The molecule has 1 aromatic carbocycles. The van der Waals surface area contributed by atoms with Gasteiger partial charge in [0.25, 0.3) is 0 Å². The first kappa shape index (κ1) is 16.8. The van der Waals surface area contributed by atoms with Gasteiger partial charge in [0.15, 0.2) is 0 Å². The Bertz CT molecular complexity index is 413. The Morgan fingerprint density at radius 3 is 2.43 bits per heavy atom. The monoisotopic (exact) mass is 310 g/mol. The van der Waals surface area contributed by atoms with Crippen molar-refractivity contribution in [2.75, 3.05) is 26.2 Å². The van der Waals surface area contributed by atoms with E-state index in [0.717, 1.165) is 37.1 Å². The molecule has 21 heavy (non-hydrogen) atoms. The first-order chi connectivity index (χ1) is 10.0. The van der Waals surface area contributed by atoms with Gasteiger partial charge in [0.05, 0.1) is 6.10 Å². The van der Waals surface area contributed by atoms with Crippen LogP contribution in [0.4, 0.5) is 0 Å². The molecule has 1 fully saturated rings. The molecule has 1 heterocycles. The van der Waals surface area contributed by atoms with Crippen LogP contribution in [0.15, 0.2) is 24.3 Å². The molecule has 2 N–H and O–H groups in total. The van der Waals surface area contributed by atoms with Crippen molar-refractivity contribution in [3.63, 3.8) is 0 Å². The van der Waals surface area contributed by atoms with Crippen LogP contribution in [-0.4, -0.2) is 42.3 Å². The molecule has 1 aromatic rings. The molecule has 2 atom stereocenters. The molecule has 0 amide bonds. The summed E-state index contributed by atoms with van der Waals surface area (Å²) in [5.74, 6) is 0.741. The number of aliphatic hydroxyl groups is 1. The second-order valence-corrected chi connectivity index (χ2v) is 6.71. The summed E-state index contributed by atoms with van der Waals surface area (Å²) in [5, 5.41) is 13.8. The maximum atomic E-state index is 9.43. The van der Waals surface area contributed by atoms with Gasteiger partial charge >= 0.3 is 0 Å². The number of piperidine rings is 1. The van der Waals surface area contributed by atoms with E-state index in [9.17, 15) is 5.11 Å². The van der Waals surface area contributed by atoms with Crippen molar-refractivity contribution in [1.29, 1.82) is 0 Å². The first-order valence-corrected chi connectivity index (χ1v) is 8.31. The number of hydrogen-bond donors (Lipinski definition) is 2. The fraction of sp³-hybridized carbons (Fsp3) is 0.647. The molecular formula is C17H27ClN2O. The van der Waals surface area contributed by atoms with Gasteiger partial charge in [0.1, 0.15) is 0 Å². The van der Waals surface area contributed by atoms with Gasteiger partial charge in [0.2, 0.25) is 0 Å². The smallest absolute Gasteiger partial charge is 0.0639 e. The predicted molar refractivity (Wildman–Crippen MR) is 88.7 cm³/mol. The lowest BCUT2D eigenvalue weighted by Gasteiger charge is -2.33. The van der Waals surface area contributed by atoms with Crippen LogP contribution in [-0.2, 0) is 0 Å². The Morgan fingerprint density at radius 1 is 1.24 bits per heavy atom. The summed E-state index contributed by atoms with van der Waals surface area (Å²) in [5.41, 5.74) is 1.28. The Kier molecular flexibility index (Phi) is 6.49. The molecule has 0 saturated carbocycles. The highest BCUT2D eigenvalue weighted by Gasteiger charge is 2.20. The Labute approximate surface area is 133 Å². The number of hydrogen-bond acceptors (Lipinski definition) is 3. The molecule has 0 spiro atoms. The summed E-state index contributed by atoms with van der Waals surface area (Å²) in [7, 11) is 0. The lowest BCUT2D eigenvalue weighted by molar-refractivity contribution is 0.0994. The number of rotatable bonds is 6. The van der Waals surface area contributed by atoms with Crippen LogP contribution in [0.2, 0.25) is 5.02 Å². The number of halogens is 1. The summed E-state index contributed by atoms with van der Waals surface area (Å²) in [6.45, 7) is 8.14. The molecule has 0 aromatic heterocycles. The van der Waals surface area contributed by atoms with Gasteiger partial charge in [-0.1, -0.05) is 23.7 Å². The van der Waals surface area contributed by atoms with E-state index in [0.29, 0.717) is 6.04 Å². The fourth-order valence-electron chi connectivity index (χ4n) is 2.96. The fourth-order valence-corrected chi connectivity index (χ4v) is 3.09. The summed E-state index contributed by atoms with van der Waals surface area (Å²) in [6, 6.07) is 8.43. The molecule has 0 bridgehead atoms. The second-order valence-electron chi connectivity index (χ2n) is 6.27. The summed E-state index contributed by atoms with van der Waals surface area (Å²) in [4.78, 5) is 2.36. The molecule has 1 aliphatic heterocycles. The predicted octanol–water partition coefficient (Wildman–Crippen LogP) is 3.08. The van der Waals surface area contributed by atoms with Crippen LogP contribution >= 0.6 is 11.6 Å². The van der Waals surface area contributed by atoms with Crippen molar-refractivity contribution in [1.82, 2.24) is 10.2 Å². The quantitative estimate of drug-likeness (QED) is 0.847. The second kappa shape index (κ2) is 8.14. The normalized spacial score (nSPS) is 20.4. The largest absolute Gasteiger partial charge is 0.392 e. The van der Waals surface area contributed by atoms with Crippen LogP contribution in [0, 0.1) is 5.92 Å². The van der Waals surface area contributed by atoms with Gasteiger partial charge in [0, 0.05) is 17.6 Å². The highest BCUT2D eigenvalue weighted by molar-refractivity contribution is 6.30.